The molecule has 0 radical (unpaired) electrons. The SMILES string of the molecule is COc1cc(N/C(=N/Cc2ccccc2C)NC#N)ccc1-c1cnco1. The zero-order valence-corrected chi connectivity index (χ0v) is 15.1. The van der Waals surface area contributed by atoms with Gasteiger partial charge in [0.25, 0.3) is 0 Å². The number of nitrogens with one attached hydrogen (secondary N) is 2. The minimum absolute atomic E-state index is 0.357. The summed E-state index contributed by atoms with van der Waals surface area (Å²) >= 11 is 0. The van der Waals surface area contributed by atoms with Gasteiger partial charge in [0.1, 0.15) is 5.75 Å². The summed E-state index contributed by atoms with van der Waals surface area (Å²) < 4.78 is 10.8. The van der Waals surface area contributed by atoms with E-state index in [1.165, 1.54) is 6.39 Å². The second kappa shape index (κ2) is 8.54. The zero-order valence-electron chi connectivity index (χ0n) is 15.1. The van der Waals surface area contributed by atoms with Crippen LogP contribution in [0, 0.1) is 18.4 Å². The van der Waals surface area contributed by atoms with Crippen LogP contribution in [0.15, 0.2) is 64.5 Å². The maximum atomic E-state index is 9.01. The van der Waals surface area contributed by atoms with E-state index in [4.69, 9.17) is 14.4 Å². The Hall–Kier alpha value is -3.79. The summed E-state index contributed by atoms with van der Waals surface area (Å²) in [6, 6.07) is 13.5. The molecular weight excluding hydrogens is 342 g/mol. The first-order chi connectivity index (χ1) is 13.2. The Balaban J connectivity index is 1.81. The number of hydrogen-bond acceptors (Lipinski definition) is 5. The highest BCUT2D eigenvalue weighted by Crippen LogP contribution is 2.32. The number of aliphatic imine (C=N–C) groups is 1. The number of methoxy groups -OCH3 is 1. The van der Waals surface area contributed by atoms with Crippen molar-refractivity contribution < 1.29 is 9.15 Å². The summed E-state index contributed by atoms with van der Waals surface area (Å²) in [4.78, 5) is 8.40. The topological polar surface area (TPSA) is 95.5 Å². The van der Waals surface area contributed by atoms with Crippen molar-refractivity contribution in [2.45, 2.75) is 13.5 Å². The molecule has 2 N–H and O–H groups in total. The van der Waals surface area contributed by atoms with Crippen molar-refractivity contribution in [3.8, 4) is 23.3 Å². The first-order valence-corrected chi connectivity index (χ1v) is 8.29. The fourth-order valence-electron chi connectivity index (χ4n) is 2.57. The van der Waals surface area contributed by atoms with Gasteiger partial charge in [-0.1, -0.05) is 24.3 Å². The van der Waals surface area contributed by atoms with Crippen LogP contribution >= 0.6 is 0 Å². The number of rotatable bonds is 5. The van der Waals surface area contributed by atoms with Gasteiger partial charge in [0.15, 0.2) is 18.3 Å². The van der Waals surface area contributed by atoms with Gasteiger partial charge in [-0.05, 0) is 30.2 Å². The molecule has 3 rings (SSSR count). The maximum Gasteiger partial charge on any atom is 0.209 e. The van der Waals surface area contributed by atoms with Gasteiger partial charge in [-0.2, -0.15) is 5.26 Å². The summed E-state index contributed by atoms with van der Waals surface area (Å²) in [5, 5.41) is 14.7. The fourth-order valence-corrected chi connectivity index (χ4v) is 2.57. The number of guanidine groups is 1. The van der Waals surface area contributed by atoms with E-state index < -0.39 is 0 Å². The molecule has 7 heteroatoms. The third-order valence-electron chi connectivity index (χ3n) is 4.01. The summed E-state index contributed by atoms with van der Waals surface area (Å²) in [6.07, 6.45) is 4.89. The van der Waals surface area contributed by atoms with E-state index in [0.29, 0.717) is 24.0 Å². The molecule has 0 atom stereocenters. The average Bonchev–Trinajstić information content (AvgIpc) is 3.22. The van der Waals surface area contributed by atoms with Crippen LogP contribution in [0.4, 0.5) is 5.69 Å². The number of anilines is 1. The number of hydrogen-bond donors (Lipinski definition) is 2. The minimum atomic E-state index is 0.357. The first kappa shape index (κ1) is 18.0. The highest BCUT2D eigenvalue weighted by atomic mass is 16.5. The Labute approximate surface area is 157 Å². The van der Waals surface area contributed by atoms with Crippen molar-refractivity contribution >= 4 is 11.6 Å². The lowest BCUT2D eigenvalue weighted by Crippen LogP contribution is -2.26. The Morgan fingerprint density at radius 2 is 2.15 bits per heavy atom. The highest BCUT2D eigenvalue weighted by molar-refractivity contribution is 5.95. The third-order valence-corrected chi connectivity index (χ3v) is 4.01. The molecule has 0 aliphatic rings. The van der Waals surface area contributed by atoms with Crippen LogP contribution in [-0.2, 0) is 6.54 Å². The quantitative estimate of drug-likeness (QED) is 0.311. The Kier molecular flexibility index (Phi) is 5.70. The van der Waals surface area contributed by atoms with Crippen molar-refractivity contribution in [2.75, 3.05) is 12.4 Å². The highest BCUT2D eigenvalue weighted by Gasteiger charge is 2.11. The van der Waals surface area contributed by atoms with Gasteiger partial charge in [0, 0.05) is 11.8 Å². The van der Waals surface area contributed by atoms with E-state index >= 15 is 0 Å². The van der Waals surface area contributed by atoms with Crippen LogP contribution < -0.4 is 15.4 Å². The van der Waals surface area contributed by atoms with Gasteiger partial charge in [-0.3, -0.25) is 5.32 Å². The molecule has 1 heterocycles. The number of benzene rings is 2. The van der Waals surface area contributed by atoms with Gasteiger partial charge in [-0.25, -0.2) is 9.98 Å². The van der Waals surface area contributed by atoms with Crippen molar-refractivity contribution in [3.05, 3.63) is 66.2 Å². The normalized spacial score (nSPS) is 10.9. The zero-order chi connectivity index (χ0) is 19.1. The Morgan fingerprint density at radius 1 is 1.30 bits per heavy atom. The largest absolute Gasteiger partial charge is 0.496 e. The summed E-state index contributed by atoms with van der Waals surface area (Å²) in [5.41, 5.74) is 3.75. The average molecular weight is 361 g/mol. The molecule has 0 saturated carbocycles. The van der Waals surface area contributed by atoms with Crippen LogP contribution in [0.2, 0.25) is 0 Å². The molecule has 3 aromatic rings. The molecule has 0 aliphatic carbocycles. The van der Waals surface area contributed by atoms with E-state index in [0.717, 1.165) is 22.4 Å². The van der Waals surface area contributed by atoms with E-state index in [1.54, 1.807) is 19.4 Å². The summed E-state index contributed by atoms with van der Waals surface area (Å²) in [5.74, 6) is 1.59. The number of nitriles is 1. The molecule has 0 spiro atoms. The molecule has 0 unspecified atom stereocenters. The molecule has 0 fully saturated rings. The standard InChI is InChI=1S/C20H19N5O2/c1-14-5-3-4-6-15(14)10-23-20(24-12-21)25-16-7-8-17(18(9-16)26-2)19-11-22-13-27-19/h3-9,11,13H,10H2,1-2H3,(H2,23,24,25). The van der Waals surface area contributed by atoms with Crippen LogP contribution in [0.3, 0.4) is 0 Å². The van der Waals surface area contributed by atoms with Gasteiger partial charge >= 0.3 is 0 Å². The van der Waals surface area contributed by atoms with Gasteiger partial charge < -0.3 is 14.5 Å². The number of ether oxygens (including phenoxy) is 1. The summed E-state index contributed by atoms with van der Waals surface area (Å²) in [7, 11) is 1.58. The van der Waals surface area contributed by atoms with Gasteiger partial charge in [-0.15, -0.1) is 0 Å². The summed E-state index contributed by atoms with van der Waals surface area (Å²) in [6.45, 7) is 2.49. The molecule has 0 bridgehead atoms. The number of aromatic nitrogens is 1. The van der Waals surface area contributed by atoms with E-state index in [2.05, 4.69) is 20.6 Å². The van der Waals surface area contributed by atoms with E-state index in [-0.39, 0.29) is 0 Å². The second-order valence-electron chi connectivity index (χ2n) is 5.73. The molecule has 136 valence electrons. The molecule has 1 aromatic heterocycles. The predicted octanol–water partition coefficient (Wildman–Crippen LogP) is 3.70. The smallest absolute Gasteiger partial charge is 0.209 e. The first-order valence-electron chi connectivity index (χ1n) is 8.29. The second-order valence-corrected chi connectivity index (χ2v) is 5.73. The van der Waals surface area contributed by atoms with Crippen LogP contribution in [0.1, 0.15) is 11.1 Å². The fraction of sp³-hybridized carbons (Fsp3) is 0.150. The lowest BCUT2D eigenvalue weighted by atomic mass is 10.1. The monoisotopic (exact) mass is 361 g/mol. The Bertz CT molecular complexity index is 974. The third kappa shape index (κ3) is 4.44. The van der Waals surface area contributed by atoms with E-state index in [1.807, 2.05) is 49.5 Å². The molecule has 7 nitrogen and oxygen atoms in total. The minimum Gasteiger partial charge on any atom is -0.496 e. The molecule has 0 saturated heterocycles. The van der Waals surface area contributed by atoms with Crippen molar-refractivity contribution in [3.63, 3.8) is 0 Å². The molecule has 2 aromatic carbocycles. The molecule has 0 aliphatic heterocycles. The van der Waals surface area contributed by atoms with E-state index in [9.17, 15) is 0 Å². The molecular formula is C20H19N5O2. The van der Waals surface area contributed by atoms with Crippen LogP contribution in [-0.4, -0.2) is 18.1 Å². The maximum absolute atomic E-state index is 9.01. The Morgan fingerprint density at radius 3 is 2.85 bits per heavy atom. The predicted molar refractivity (Wildman–Crippen MR) is 103 cm³/mol. The van der Waals surface area contributed by atoms with Crippen LogP contribution in [0.5, 0.6) is 5.75 Å². The number of nitrogens with zero attached hydrogens (tertiary/aromatic N) is 3. The lowest BCUT2D eigenvalue weighted by molar-refractivity contribution is 0.415. The number of aryl methyl sites for hydroxylation is 1. The van der Waals surface area contributed by atoms with Crippen molar-refractivity contribution in [1.82, 2.24) is 10.3 Å². The molecule has 27 heavy (non-hydrogen) atoms. The van der Waals surface area contributed by atoms with Gasteiger partial charge in [0.2, 0.25) is 5.96 Å². The van der Waals surface area contributed by atoms with Gasteiger partial charge in [0.05, 0.1) is 25.4 Å². The number of oxazole rings is 1. The van der Waals surface area contributed by atoms with Crippen LogP contribution in [0.25, 0.3) is 11.3 Å². The van der Waals surface area contributed by atoms with Crippen molar-refractivity contribution in [1.29, 1.82) is 5.26 Å². The molecule has 0 amide bonds. The lowest BCUT2D eigenvalue weighted by Gasteiger charge is -2.12. The van der Waals surface area contributed by atoms with Crippen molar-refractivity contribution in [2.24, 2.45) is 4.99 Å².